The van der Waals surface area contributed by atoms with Crippen LogP contribution < -0.4 is 10.6 Å². The van der Waals surface area contributed by atoms with Crippen LogP contribution in [0, 0.1) is 12.3 Å². The van der Waals surface area contributed by atoms with Crippen LogP contribution in [0.4, 0.5) is 0 Å². The highest BCUT2D eigenvalue weighted by Gasteiger charge is 2.06. The van der Waals surface area contributed by atoms with Crippen molar-refractivity contribution in [2.45, 2.75) is 45.7 Å². The minimum atomic E-state index is -0.0535. The maximum atomic E-state index is 11.3. The Hall–Kier alpha value is -1.01. The smallest absolute Gasteiger partial charge is 0.234 e. The Bertz CT molecular complexity index is 208. The summed E-state index contributed by atoms with van der Waals surface area (Å²) in [6.45, 7) is 6.25. The van der Waals surface area contributed by atoms with Gasteiger partial charge < -0.3 is 5.32 Å². The summed E-state index contributed by atoms with van der Waals surface area (Å²) in [5.74, 6) is 2.52. The van der Waals surface area contributed by atoms with Crippen molar-refractivity contribution in [3.8, 4) is 12.3 Å². The number of amides is 1. The monoisotopic (exact) mass is 196 g/mol. The van der Waals surface area contributed by atoms with Crippen LogP contribution in [0.25, 0.3) is 0 Å². The van der Waals surface area contributed by atoms with Crippen LogP contribution in [0.15, 0.2) is 0 Å². The molecule has 0 bridgehead atoms. The lowest BCUT2D eigenvalue weighted by atomic mass is 10.2. The number of nitrogens with one attached hydrogen (secondary N) is 2. The van der Waals surface area contributed by atoms with E-state index in [9.17, 15) is 4.79 Å². The van der Waals surface area contributed by atoms with E-state index in [4.69, 9.17) is 6.42 Å². The standard InChI is InChI=1S/C11H20N2O/c1-5-7-10(4)13-11(14)8-12-9(3)6-2/h2,9-10,12H,5,7-8H2,1,3-4H3,(H,13,14). The van der Waals surface area contributed by atoms with Crippen molar-refractivity contribution in [3.63, 3.8) is 0 Å². The molecule has 2 unspecified atom stereocenters. The number of terminal acetylenes is 1. The van der Waals surface area contributed by atoms with Crippen molar-refractivity contribution in [1.29, 1.82) is 0 Å². The molecule has 0 rings (SSSR count). The fraction of sp³-hybridized carbons (Fsp3) is 0.727. The molecule has 2 atom stereocenters. The number of rotatable bonds is 6. The van der Waals surface area contributed by atoms with E-state index in [0.29, 0.717) is 6.54 Å². The first kappa shape index (κ1) is 13.0. The SMILES string of the molecule is C#CC(C)NCC(=O)NC(C)CCC. The Kier molecular flexibility index (Phi) is 6.87. The van der Waals surface area contributed by atoms with Crippen LogP contribution in [0.1, 0.15) is 33.6 Å². The van der Waals surface area contributed by atoms with Crippen molar-refractivity contribution in [3.05, 3.63) is 0 Å². The molecule has 2 N–H and O–H groups in total. The Labute approximate surface area is 86.6 Å². The van der Waals surface area contributed by atoms with Crippen molar-refractivity contribution < 1.29 is 4.79 Å². The minimum Gasteiger partial charge on any atom is -0.353 e. The number of hydrogen-bond acceptors (Lipinski definition) is 2. The normalized spacial score (nSPS) is 14.1. The summed E-state index contributed by atoms with van der Waals surface area (Å²) in [6, 6.07) is 0.192. The van der Waals surface area contributed by atoms with Gasteiger partial charge >= 0.3 is 0 Å². The molecule has 0 saturated heterocycles. The van der Waals surface area contributed by atoms with Gasteiger partial charge in [0.2, 0.25) is 5.91 Å². The molecular weight excluding hydrogens is 176 g/mol. The second kappa shape index (κ2) is 7.40. The topological polar surface area (TPSA) is 41.1 Å². The highest BCUT2D eigenvalue weighted by molar-refractivity contribution is 5.78. The zero-order chi connectivity index (χ0) is 11.0. The average molecular weight is 196 g/mol. The minimum absolute atomic E-state index is 0.00745. The first-order valence-corrected chi connectivity index (χ1v) is 5.09. The van der Waals surface area contributed by atoms with Crippen molar-refractivity contribution in [2.24, 2.45) is 0 Å². The lowest BCUT2D eigenvalue weighted by Gasteiger charge is -2.13. The van der Waals surface area contributed by atoms with E-state index < -0.39 is 0 Å². The predicted octanol–water partition coefficient (Wildman–Crippen LogP) is 0.902. The van der Waals surface area contributed by atoms with Crippen LogP contribution in [-0.4, -0.2) is 24.5 Å². The van der Waals surface area contributed by atoms with Crippen LogP contribution in [0.2, 0.25) is 0 Å². The van der Waals surface area contributed by atoms with Crippen LogP contribution in [-0.2, 0) is 4.79 Å². The van der Waals surface area contributed by atoms with Gasteiger partial charge in [-0.15, -0.1) is 6.42 Å². The molecule has 3 heteroatoms. The van der Waals surface area contributed by atoms with E-state index in [0.717, 1.165) is 12.8 Å². The molecule has 0 aromatic rings. The third-order valence-corrected chi connectivity index (χ3v) is 1.95. The van der Waals surface area contributed by atoms with E-state index in [-0.39, 0.29) is 18.0 Å². The van der Waals surface area contributed by atoms with Gasteiger partial charge in [-0.2, -0.15) is 0 Å². The molecular formula is C11H20N2O. The maximum Gasteiger partial charge on any atom is 0.234 e. The predicted molar refractivity (Wildman–Crippen MR) is 58.8 cm³/mol. The fourth-order valence-corrected chi connectivity index (χ4v) is 1.14. The molecule has 0 aromatic carbocycles. The summed E-state index contributed by atoms with van der Waals surface area (Å²) < 4.78 is 0. The molecule has 1 amide bonds. The summed E-state index contributed by atoms with van der Waals surface area (Å²) in [5, 5.41) is 5.82. The molecule has 0 aromatic heterocycles. The molecule has 0 aliphatic carbocycles. The maximum absolute atomic E-state index is 11.3. The highest BCUT2D eigenvalue weighted by Crippen LogP contribution is 1.93. The average Bonchev–Trinajstić information content (AvgIpc) is 2.14. The zero-order valence-corrected chi connectivity index (χ0v) is 9.26. The fourth-order valence-electron chi connectivity index (χ4n) is 1.14. The molecule has 14 heavy (non-hydrogen) atoms. The Morgan fingerprint density at radius 3 is 2.64 bits per heavy atom. The Morgan fingerprint density at radius 2 is 2.14 bits per heavy atom. The summed E-state index contributed by atoms with van der Waals surface area (Å²) in [4.78, 5) is 11.3. The summed E-state index contributed by atoms with van der Waals surface area (Å²) >= 11 is 0. The van der Waals surface area contributed by atoms with Gasteiger partial charge in [-0.05, 0) is 20.3 Å². The van der Waals surface area contributed by atoms with E-state index in [1.807, 2.05) is 13.8 Å². The van der Waals surface area contributed by atoms with E-state index >= 15 is 0 Å². The van der Waals surface area contributed by atoms with E-state index in [1.54, 1.807) is 0 Å². The third kappa shape index (κ3) is 6.50. The Morgan fingerprint density at radius 1 is 1.50 bits per heavy atom. The van der Waals surface area contributed by atoms with Crippen LogP contribution in [0.3, 0.4) is 0 Å². The first-order chi connectivity index (χ1) is 6.60. The third-order valence-electron chi connectivity index (χ3n) is 1.95. The van der Waals surface area contributed by atoms with E-state index in [1.165, 1.54) is 0 Å². The van der Waals surface area contributed by atoms with Gasteiger partial charge in [-0.3, -0.25) is 10.1 Å². The zero-order valence-electron chi connectivity index (χ0n) is 9.26. The van der Waals surface area contributed by atoms with Gasteiger partial charge in [0, 0.05) is 6.04 Å². The number of hydrogen-bond donors (Lipinski definition) is 2. The molecule has 0 spiro atoms. The van der Waals surface area contributed by atoms with Crippen molar-refractivity contribution in [1.82, 2.24) is 10.6 Å². The van der Waals surface area contributed by atoms with Gasteiger partial charge in [-0.25, -0.2) is 0 Å². The molecule has 0 radical (unpaired) electrons. The number of carbonyl (C=O) groups excluding carboxylic acids is 1. The summed E-state index contributed by atoms with van der Waals surface area (Å²) in [5.41, 5.74) is 0. The Balaban J connectivity index is 3.61. The second-order valence-electron chi connectivity index (χ2n) is 3.53. The quantitative estimate of drug-likeness (QED) is 0.620. The largest absolute Gasteiger partial charge is 0.353 e. The molecule has 0 heterocycles. The molecule has 80 valence electrons. The molecule has 3 nitrogen and oxygen atoms in total. The summed E-state index contributed by atoms with van der Waals surface area (Å²) in [6.07, 6.45) is 7.25. The van der Waals surface area contributed by atoms with Crippen molar-refractivity contribution in [2.75, 3.05) is 6.54 Å². The molecule has 0 saturated carbocycles. The summed E-state index contributed by atoms with van der Waals surface area (Å²) in [7, 11) is 0. The molecule has 0 aliphatic heterocycles. The lowest BCUT2D eigenvalue weighted by Crippen LogP contribution is -2.41. The van der Waals surface area contributed by atoms with Crippen LogP contribution >= 0.6 is 0 Å². The first-order valence-electron chi connectivity index (χ1n) is 5.09. The van der Waals surface area contributed by atoms with Gasteiger partial charge in [0.25, 0.3) is 0 Å². The van der Waals surface area contributed by atoms with Gasteiger partial charge in [0.1, 0.15) is 0 Å². The van der Waals surface area contributed by atoms with E-state index in [2.05, 4.69) is 23.5 Å². The van der Waals surface area contributed by atoms with Crippen molar-refractivity contribution >= 4 is 5.91 Å². The van der Waals surface area contributed by atoms with Gasteiger partial charge in [0.15, 0.2) is 0 Å². The highest BCUT2D eigenvalue weighted by atomic mass is 16.1. The second-order valence-corrected chi connectivity index (χ2v) is 3.53. The van der Waals surface area contributed by atoms with Crippen LogP contribution in [0.5, 0.6) is 0 Å². The lowest BCUT2D eigenvalue weighted by molar-refractivity contribution is -0.120. The molecule has 0 aliphatic rings. The van der Waals surface area contributed by atoms with Gasteiger partial charge in [-0.1, -0.05) is 19.3 Å². The molecule has 0 fully saturated rings. The number of carbonyl (C=O) groups is 1. The van der Waals surface area contributed by atoms with Gasteiger partial charge in [0.05, 0.1) is 12.6 Å².